The Kier molecular flexibility index (Phi) is 7.42. The number of nitrogens with one attached hydrogen (secondary N) is 2. The molecule has 2 N–H and O–H groups in total. The van der Waals surface area contributed by atoms with Crippen molar-refractivity contribution in [2.45, 2.75) is 26.9 Å². The van der Waals surface area contributed by atoms with E-state index in [0.29, 0.717) is 16.8 Å². The Morgan fingerprint density at radius 1 is 0.931 bits per heavy atom. The van der Waals surface area contributed by atoms with Crippen LogP contribution in [0.15, 0.2) is 60.3 Å². The van der Waals surface area contributed by atoms with E-state index in [1.807, 2.05) is 6.07 Å². The Bertz CT molecular complexity index is 951. The van der Waals surface area contributed by atoms with E-state index in [0.717, 1.165) is 0 Å². The van der Waals surface area contributed by atoms with Crippen LogP contribution in [0.25, 0.3) is 6.08 Å². The highest BCUT2D eigenvalue weighted by Crippen LogP contribution is 2.16. The third-order valence-electron chi connectivity index (χ3n) is 3.86. The minimum atomic E-state index is -1.16. The molecule has 150 valence electrons. The highest BCUT2D eigenvalue weighted by molar-refractivity contribution is 6.05. The Balaban J connectivity index is 2.12. The van der Waals surface area contributed by atoms with Gasteiger partial charge in [0, 0.05) is 12.5 Å². The van der Waals surface area contributed by atoms with Crippen LogP contribution in [0.1, 0.15) is 36.7 Å². The van der Waals surface area contributed by atoms with E-state index in [2.05, 4.69) is 10.6 Å². The smallest absolute Gasteiger partial charge is 0.355 e. The van der Waals surface area contributed by atoms with Gasteiger partial charge in [0.05, 0.1) is 5.69 Å². The number of benzene rings is 2. The van der Waals surface area contributed by atoms with Gasteiger partial charge in [0.2, 0.25) is 5.91 Å². The molecule has 2 rings (SSSR count). The average molecular weight is 394 g/mol. The number of rotatable bonds is 7. The number of carbonyl (C=O) groups is 4. The molecule has 0 fully saturated rings. The lowest BCUT2D eigenvalue weighted by Gasteiger charge is -2.16. The fraction of sp³-hybridized carbons (Fsp3) is 0.182. The van der Waals surface area contributed by atoms with Gasteiger partial charge < -0.3 is 15.4 Å². The van der Waals surface area contributed by atoms with Crippen molar-refractivity contribution in [2.75, 3.05) is 5.32 Å². The van der Waals surface area contributed by atoms with Gasteiger partial charge in [0.1, 0.15) is 5.70 Å². The summed E-state index contributed by atoms with van der Waals surface area (Å²) in [6.07, 6.45) is 0.301. The van der Waals surface area contributed by atoms with Crippen molar-refractivity contribution in [3.05, 3.63) is 71.4 Å². The average Bonchev–Trinajstić information content (AvgIpc) is 2.68. The number of ether oxygens (including phenoxy) is 1. The Labute approximate surface area is 168 Å². The van der Waals surface area contributed by atoms with Crippen LogP contribution in [0, 0.1) is 0 Å². The number of anilines is 1. The summed E-state index contributed by atoms with van der Waals surface area (Å²) in [6.45, 7) is 4.06. The zero-order valence-electron chi connectivity index (χ0n) is 16.4. The van der Waals surface area contributed by atoms with Crippen LogP contribution in [-0.2, 0) is 19.1 Å². The molecule has 0 aromatic heterocycles. The first-order chi connectivity index (χ1) is 13.8. The molecular formula is C22H22N2O5. The quantitative estimate of drug-likeness (QED) is 0.427. The predicted molar refractivity (Wildman–Crippen MR) is 109 cm³/mol. The van der Waals surface area contributed by atoms with Crippen LogP contribution >= 0.6 is 0 Å². The number of amides is 2. The number of hydrogen-bond donors (Lipinski definition) is 2. The molecule has 29 heavy (non-hydrogen) atoms. The molecule has 0 aliphatic heterocycles. The molecular weight excluding hydrogens is 372 g/mol. The molecule has 2 aromatic carbocycles. The Hall–Kier alpha value is -3.74. The van der Waals surface area contributed by atoms with Gasteiger partial charge in [0.25, 0.3) is 5.91 Å². The molecule has 0 radical (unpaired) electrons. The van der Waals surface area contributed by atoms with Crippen molar-refractivity contribution in [1.82, 2.24) is 5.32 Å². The second kappa shape index (κ2) is 9.98. The molecule has 0 bridgehead atoms. The summed E-state index contributed by atoms with van der Waals surface area (Å²) in [5, 5.41) is 5.00. The Morgan fingerprint density at radius 3 is 2.17 bits per heavy atom. The topological polar surface area (TPSA) is 102 Å². The van der Waals surface area contributed by atoms with Gasteiger partial charge in [-0.05, 0) is 37.6 Å². The first-order valence-electron chi connectivity index (χ1n) is 8.94. The molecule has 2 amide bonds. The van der Waals surface area contributed by atoms with E-state index >= 15 is 0 Å². The van der Waals surface area contributed by atoms with E-state index in [-0.39, 0.29) is 11.5 Å². The molecule has 0 aliphatic rings. The summed E-state index contributed by atoms with van der Waals surface area (Å²) in [4.78, 5) is 48.0. The van der Waals surface area contributed by atoms with Crippen LogP contribution < -0.4 is 10.6 Å². The maximum absolute atomic E-state index is 12.5. The van der Waals surface area contributed by atoms with Crippen LogP contribution in [-0.4, -0.2) is 29.7 Å². The lowest BCUT2D eigenvalue weighted by Crippen LogP contribution is -2.34. The molecule has 7 heteroatoms. The normalized spacial score (nSPS) is 11.9. The highest BCUT2D eigenvalue weighted by atomic mass is 16.5. The number of hydrogen-bond acceptors (Lipinski definition) is 5. The zero-order valence-corrected chi connectivity index (χ0v) is 16.4. The summed E-state index contributed by atoms with van der Waals surface area (Å²) in [5.74, 6) is -2.11. The minimum absolute atomic E-state index is 0.0903. The second-order valence-corrected chi connectivity index (χ2v) is 6.29. The van der Waals surface area contributed by atoms with Crippen LogP contribution in [0.2, 0.25) is 0 Å². The summed E-state index contributed by atoms with van der Waals surface area (Å²) >= 11 is 0. The molecule has 0 aliphatic carbocycles. The highest BCUT2D eigenvalue weighted by Gasteiger charge is 2.22. The van der Waals surface area contributed by atoms with Crippen molar-refractivity contribution < 1.29 is 23.9 Å². The first kappa shape index (κ1) is 21.6. The minimum Gasteiger partial charge on any atom is -0.448 e. The van der Waals surface area contributed by atoms with Gasteiger partial charge in [-0.3, -0.25) is 14.4 Å². The summed E-state index contributed by atoms with van der Waals surface area (Å²) in [6, 6.07) is 15.4. The van der Waals surface area contributed by atoms with Crippen LogP contribution in [0.4, 0.5) is 5.69 Å². The largest absolute Gasteiger partial charge is 0.448 e. The number of ketones is 1. The maximum atomic E-state index is 12.5. The van der Waals surface area contributed by atoms with Crippen molar-refractivity contribution in [3.8, 4) is 0 Å². The van der Waals surface area contributed by atoms with Gasteiger partial charge >= 0.3 is 5.97 Å². The monoisotopic (exact) mass is 394 g/mol. The Morgan fingerprint density at radius 2 is 1.55 bits per heavy atom. The third-order valence-corrected chi connectivity index (χ3v) is 3.86. The zero-order chi connectivity index (χ0) is 21.4. The second-order valence-electron chi connectivity index (χ2n) is 6.29. The van der Waals surface area contributed by atoms with Gasteiger partial charge in [-0.25, -0.2) is 4.79 Å². The molecule has 1 unspecified atom stereocenters. The summed E-state index contributed by atoms with van der Waals surface area (Å²) in [5.41, 5.74) is 1.27. The summed E-state index contributed by atoms with van der Waals surface area (Å²) in [7, 11) is 0. The molecule has 2 aromatic rings. The van der Waals surface area contributed by atoms with Gasteiger partial charge in [-0.1, -0.05) is 42.5 Å². The van der Waals surface area contributed by atoms with E-state index in [9.17, 15) is 19.2 Å². The first-order valence-corrected chi connectivity index (χ1v) is 8.94. The summed E-state index contributed by atoms with van der Waals surface area (Å²) < 4.78 is 5.20. The molecule has 0 heterocycles. The SMILES string of the molecule is CC(=O)N/C(=C\c1ccccc1)C(=O)OC(C)C(=O)Nc1ccccc1C(C)=O. The lowest BCUT2D eigenvalue weighted by atomic mass is 10.1. The van der Waals surface area contributed by atoms with Crippen molar-refractivity contribution in [2.24, 2.45) is 0 Å². The lowest BCUT2D eigenvalue weighted by molar-refractivity contribution is -0.149. The molecule has 7 nitrogen and oxygen atoms in total. The van der Waals surface area contributed by atoms with E-state index in [1.54, 1.807) is 48.5 Å². The number of para-hydroxylation sites is 1. The van der Waals surface area contributed by atoms with Crippen molar-refractivity contribution in [3.63, 3.8) is 0 Å². The molecule has 1 atom stereocenters. The molecule has 0 saturated heterocycles. The number of carbonyl (C=O) groups excluding carboxylic acids is 4. The number of Topliss-reactive ketones (excluding diaryl/α,β-unsaturated/α-hetero) is 1. The van der Waals surface area contributed by atoms with E-state index in [1.165, 1.54) is 26.8 Å². The third kappa shape index (κ3) is 6.42. The van der Waals surface area contributed by atoms with Crippen molar-refractivity contribution in [1.29, 1.82) is 0 Å². The predicted octanol–water partition coefficient (Wildman–Crippen LogP) is 2.94. The maximum Gasteiger partial charge on any atom is 0.355 e. The van der Waals surface area contributed by atoms with E-state index < -0.39 is 23.9 Å². The van der Waals surface area contributed by atoms with Crippen molar-refractivity contribution >= 4 is 35.3 Å². The van der Waals surface area contributed by atoms with Gasteiger partial charge in [0.15, 0.2) is 11.9 Å². The number of esters is 1. The standard InChI is InChI=1S/C22H22N2O5/c1-14(25)18-11-7-8-12-19(18)24-21(27)15(2)29-22(28)20(23-16(3)26)13-17-9-5-4-6-10-17/h4-13,15H,1-3H3,(H,23,26)(H,24,27)/b20-13-. The fourth-order valence-electron chi connectivity index (χ4n) is 2.46. The van der Waals surface area contributed by atoms with E-state index in [4.69, 9.17) is 4.74 Å². The van der Waals surface area contributed by atoms with Crippen LogP contribution in [0.5, 0.6) is 0 Å². The molecule has 0 spiro atoms. The fourth-order valence-corrected chi connectivity index (χ4v) is 2.46. The van der Waals surface area contributed by atoms with Gasteiger partial charge in [-0.15, -0.1) is 0 Å². The van der Waals surface area contributed by atoms with Gasteiger partial charge in [-0.2, -0.15) is 0 Å². The molecule has 0 saturated carbocycles. The van der Waals surface area contributed by atoms with Crippen LogP contribution in [0.3, 0.4) is 0 Å².